The standard InChI is InChI=1S/C28H33N5O4S/c1-16-12-20(37-19-6-4-3-5-7-19)8-9-21(16)33-22-10-11-29-27-23(22)24(31-28(33)36)25(38-27)26(35)30-17-13-18(34)15-32(2)14-17/h3-9,12,17-18,22-23,27,29,34H,10-11,13-15H2,1-2H3,(H,30,35)(H,31,36)/t17-,18-,22?,23?,27?/m1/s1. The number of hydrogen-bond acceptors (Lipinski definition) is 7. The van der Waals surface area contributed by atoms with Crippen molar-refractivity contribution in [2.75, 3.05) is 31.6 Å². The van der Waals surface area contributed by atoms with Gasteiger partial charge in [-0.1, -0.05) is 30.0 Å². The van der Waals surface area contributed by atoms with Gasteiger partial charge in [-0.2, -0.15) is 0 Å². The summed E-state index contributed by atoms with van der Waals surface area (Å²) in [5.41, 5.74) is 2.50. The molecule has 0 saturated carbocycles. The summed E-state index contributed by atoms with van der Waals surface area (Å²) in [4.78, 5) is 31.4. The molecule has 2 aromatic carbocycles. The molecule has 3 fully saturated rings. The highest BCUT2D eigenvalue weighted by molar-refractivity contribution is 8.04. The molecule has 6 rings (SSSR count). The summed E-state index contributed by atoms with van der Waals surface area (Å²) in [5, 5.41) is 19.9. The molecule has 0 radical (unpaired) electrons. The van der Waals surface area contributed by atoms with E-state index in [1.807, 2.05) is 72.3 Å². The van der Waals surface area contributed by atoms with Crippen molar-refractivity contribution in [2.45, 2.75) is 43.3 Å². The SMILES string of the molecule is Cc1cc(Oc2ccccc2)ccc1N1C(=O)NC2=C(C(=O)N[C@@H]3C[C@@H](O)CN(C)C3)SC3NCCC1C23. The maximum absolute atomic E-state index is 13.6. The number of likely N-dealkylation sites (tertiary alicyclic amines) is 1. The number of thioether (sulfide) groups is 1. The van der Waals surface area contributed by atoms with E-state index in [0.717, 1.165) is 30.0 Å². The van der Waals surface area contributed by atoms with Crippen LogP contribution in [0.2, 0.25) is 0 Å². The van der Waals surface area contributed by atoms with Gasteiger partial charge in [-0.25, -0.2) is 4.79 Å². The van der Waals surface area contributed by atoms with Crippen molar-refractivity contribution in [1.29, 1.82) is 0 Å². The third-order valence-electron chi connectivity index (χ3n) is 7.70. The lowest BCUT2D eigenvalue weighted by Crippen LogP contribution is -2.62. The Morgan fingerprint density at radius 2 is 1.97 bits per heavy atom. The molecule has 2 aromatic rings. The summed E-state index contributed by atoms with van der Waals surface area (Å²) in [5.74, 6) is 1.27. The lowest BCUT2D eigenvalue weighted by molar-refractivity contribution is -0.118. The first-order valence-electron chi connectivity index (χ1n) is 13.1. The van der Waals surface area contributed by atoms with Crippen LogP contribution in [0.15, 0.2) is 59.1 Å². The van der Waals surface area contributed by atoms with Crippen LogP contribution < -0.4 is 25.6 Å². The fraction of sp³-hybridized carbons (Fsp3) is 0.429. The Bertz CT molecular complexity index is 1260. The van der Waals surface area contributed by atoms with E-state index in [0.29, 0.717) is 35.9 Å². The van der Waals surface area contributed by atoms with E-state index in [9.17, 15) is 14.7 Å². The number of anilines is 1. The summed E-state index contributed by atoms with van der Waals surface area (Å²) in [6.07, 6.45) is 0.854. The number of piperidine rings is 2. The smallest absolute Gasteiger partial charge is 0.326 e. The molecule has 3 unspecified atom stereocenters. The van der Waals surface area contributed by atoms with Crippen LogP contribution in [0, 0.1) is 12.8 Å². The van der Waals surface area contributed by atoms with Gasteiger partial charge < -0.3 is 30.7 Å². The van der Waals surface area contributed by atoms with Crippen molar-refractivity contribution in [1.82, 2.24) is 20.9 Å². The Balaban J connectivity index is 1.24. The molecule has 38 heavy (non-hydrogen) atoms. The number of aliphatic hydroxyl groups is 1. The van der Waals surface area contributed by atoms with Gasteiger partial charge in [0, 0.05) is 36.4 Å². The number of nitrogens with zero attached hydrogens (tertiary/aromatic N) is 2. The van der Waals surface area contributed by atoms with Crippen LogP contribution in [-0.2, 0) is 4.79 Å². The van der Waals surface area contributed by atoms with E-state index in [1.54, 1.807) is 0 Å². The Morgan fingerprint density at radius 1 is 1.16 bits per heavy atom. The monoisotopic (exact) mass is 535 g/mol. The molecule has 4 N–H and O–H groups in total. The number of hydrogen-bond donors (Lipinski definition) is 4. The van der Waals surface area contributed by atoms with Gasteiger partial charge in [0.05, 0.1) is 22.4 Å². The van der Waals surface area contributed by atoms with Crippen molar-refractivity contribution >= 4 is 29.4 Å². The molecule has 4 heterocycles. The summed E-state index contributed by atoms with van der Waals surface area (Å²) in [6, 6.07) is 15.0. The highest BCUT2D eigenvalue weighted by atomic mass is 32.2. The van der Waals surface area contributed by atoms with Crippen molar-refractivity contribution in [3.8, 4) is 11.5 Å². The van der Waals surface area contributed by atoms with Gasteiger partial charge in [0.1, 0.15) is 11.5 Å². The van der Waals surface area contributed by atoms with Crippen molar-refractivity contribution in [3.05, 3.63) is 64.7 Å². The van der Waals surface area contributed by atoms with Gasteiger partial charge in [-0.3, -0.25) is 9.69 Å². The normalized spacial score (nSPS) is 29.1. The second-order valence-corrected chi connectivity index (χ2v) is 11.7. The highest BCUT2D eigenvalue weighted by Gasteiger charge is 2.52. The number of aliphatic hydroxyl groups excluding tert-OH is 1. The molecular weight excluding hydrogens is 502 g/mol. The van der Waals surface area contributed by atoms with E-state index < -0.39 is 6.10 Å². The molecule has 9 nitrogen and oxygen atoms in total. The van der Waals surface area contributed by atoms with Crippen LogP contribution in [0.4, 0.5) is 10.5 Å². The minimum Gasteiger partial charge on any atom is -0.457 e. The first kappa shape index (κ1) is 25.2. The zero-order valence-corrected chi connectivity index (χ0v) is 22.3. The fourth-order valence-electron chi connectivity index (χ4n) is 6.13. The number of rotatable bonds is 5. The number of benzene rings is 2. The van der Waals surface area contributed by atoms with Gasteiger partial charge >= 0.3 is 6.03 Å². The summed E-state index contributed by atoms with van der Waals surface area (Å²) >= 11 is 1.50. The zero-order chi connectivity index (χ0) is 26.4. The molecule has 200 valence electrons. The van der Waals surface area contributed by atoms with Gasteiger partial charge in [-0.15, -0.1) is 0 Å². The van der Waals surface area contributed by atoms with E-state index in [1.165, 1.54) is 11.8 Å². The van der Waals surface area contributed by atoms with Crippen LogP contribution in [0.3, 0.4) is 0 Å². The third kappa shape index (κ3) is 4.77. The number of carbonyl (C=O) groups excluding carboxylic acids is 2. The zero-order valence-electron chi connectivity index (χ0n) is 21.5. The number of para-hydroxylation sites is 1. The van der Waals surface area contributed by atoms with Crippen molar-refractivity contribution in [2.24, 2.45) is 5.92 Å². The van der Waals surface area contributed by atoms with Crippen LogP contribution in [-0.4, -0.2) is 72.2 Å². The van der Waals surface area contributed by atoms with Crippen molar-refractivity contribution < 1.29 is 19.4 Å². The van der Waals surface area contributed by atoms with Gasteiger partial charge in [0.2, 0.25) is 0 Å². The average molecular weight is 536 g/mol. The average Bonchev–Trinajstić information content (AvgIpc) is 3.25. The lowest BCUT2D eigenvalue weighted by atomic mass is 9.86. The first-order chi connectivity index (χ1) is 18.4. The van der Waals surface area contributed by atoms with Gasteiger partial charge in [0.15, 0.2) is 0 Å². The van der Waals surface area contributed by atoms with E-state index in [2.05, 4.69) is 16.0 Å². The van der Waals surface area contributed by atoms with Crippen LogP contribution >= 0.6 is 11.8 Å². The molecule has 5 atom stereocenters. The van der Waals surface area contributed by atoms with Crippen LogP contribution in [0.25, 0.3) is 0 Å². The molecule has 4 aliphatic rings. The topological polar surface area (TPSA) is 106 Å². The molecule has 3 amide bonds. The van der Waals surface area contributed by atoms with Crippen LogP contribution in [0.5, 0.6) is 11.5 Å². The quantitative estimate of drug-likeness (QED) is 0.467. The Labute approximate surface area is 226 Å². The van der Waals surface area contributed by atoms with Gasteiger partial charge in [0.25, 0.3) is 5.91 Å². The molecule has 0 aromatic heterocycles. The van der Waals surface area contributed by atoms with E-state index in [-0.39, 0.29) is 35.3 Å². The summed E-state index contributed by atoms with van der Waals surface area (Å²) in [7, 11) is 1.94. The fourth-order valence-corrected chi connectivity index (χ4v) is 7.53. The molecule has 0 aliphatic carbocycles. The highest BCUT2D eigenvalue weighted by Crippen LogP contribution is 2.48. The van der Waals surface area contributed by atoms with E-state index in [4.69, 9.17) is 4.74 Å². The number of amides is 3. The Kier molecular flexibility index (Phi) is 6.81. The third-order valence-corrected chi connectivity index (χ3v) is 9.06. The lowest BCUT2D eigenvalue weighted by Gasteiger charge is -2.46. The predicted molar refractivity (Wildman–Crippen MR) is 147 cm³/mol. The minimum atomic E-state index is -0.461. The van der Waals surface area contributed by atoms with Gasteiger partial charge in [-0.05, 0) is 69.3 Å². The maximum atomic E-state index is 13.6. The molecule has 3 saturated heterocycles. The number of aryl methyl sites for hydroxylation is 1. The number of ether oxygens (including phenoxy) is 1. The predicted octanol–water partition coefficient (Wildman–Crippen LogP) is 2.76. The summed E-state index contributed by atoms with van der Waals surface area (Å²) < 4.78 is 5.99. The van der Waals surface area contributed by atoms with Crippen LogP contribution in [0.1, 0.15) is 18.4 Å². The molecular formula is C28H33N5O4S. The number of carbonyl (C=O) groups is 2. The second-order valence-electron chi connectivity index (χ2n) is 10.6. The number of urea groups is 1. The largest absolute Gasteiger partial charge is 0.457 e. The Hall–Kier alpha value is -3.05. The second kappa shape index (κ2) is 10.3. The molecule has 4 aliphatic heterocycles. The van der Waals surface area contributed by atoms with E-state index >= 15 is 0 Å². The molecule has 10 heteroatoms. The van der Waals surface area contributed by atoms with Crippen molar-refractivity contribution in [3.63, 3.8) is 0 Å². The number of nitrogens with one attached hydrogen (secondary N) is 3. The maximum Gasteiger partial charge on any atom is 0.326 e. The number of β-amino-alcohol motifs (C(OH)–C–C–N with tert-alkyl or cyclic N) is 1. The molecule has 0 bridgehead atoms. The number of likely N-dealkylation sites (N-methyl/N-ethyl adjacent to an activating group) is 1. The first-order valence-corrected chi connectivity index (χ1v) is 14.0. The minimum absolute atomic E-state index is 0.00760. The summed E-state index contributed by atoms with van der Waals surface area (Å²) in [6.45, 7) is 4.05. The molecule has 0 spiro atoms. The Morgan fingerprint density at radius 3 is 2.74 bits per heavy atom.